The molecular formula is C24H49N3O6. The van der Waals surface area contributed by atoms with E-state index in [1.54, 1.807) is 0 Å². The van der Waals surface area contributed by atoms with Crippen LogP contribution in [0.5, 0.6) is 0 Å². The van der Waals surface area contributed by atoms with Crippen molar-refractivity contribution >= 4 is 17.8 Å². The molecule has 33 heavy (non-hydrogen) atoms. The van der Waals surface area contributed by atoms with Crippen LogP contribution in [0.2, 0.25) is 0 Å². The highest BCUT2D eigenvalue weighted by Gasteiger charge is 2.21. The van der Waals surface area contributed by atoms with Crippen molar-refractivity contribution in [1.82, 2.24) is 10.6 Å². The average molecular weight is 476 g/mol. The van der Waals surface area contributed by atoms with E-state index in [2.05, 4.69) is 17.6 Å². The summed E-state index contributed by atoms with van der Waals surface area (Å²) in [6.45, 7) is 3.66. The van der Waals surface area contributed by atoms with Gasteiger partial charge in [-0.2, -0.15) is 0 Å². The molecule has 9 nitrogen and oxygen atoms in total. The third-order valence-corrected chi connectivity index (χ3v) is 5.12. The van der Waals surface area contributed by atoms with Crippen molar-refractivity contribution in [2.24, 2.45) is 5.73 Å². The molecule has 0 heterocycles. The number of carboxylic acid groups (broad SMARTS) is 1. The summed E-state index contributed by atoms with van der Waals surface area (Å²) < 4.78 is 0. The Bertz CT molecular complexity index is 473. The lowest BCUT2D eigenvalue weighted by atomic mass is 10.0. The van der Waals surface area contributed by atoms with Crippen molar-refractivity contribution in [3.8, 4) is 0 Å². The van der Waals surface area contributed by atoms with Crippen LogP contribution in [0.1, 0.15) is 103 Å². The SMILES string of the molecule is CCCCCCCCCCCCCCCC(=O)N[C@@H](CC(N)=O)C(=O)O.OCCNCCO. The Morgan fingerprint density at radius 1 is 0.758 bits per heavy atom. The molecule has 0 rings (SSSR count). The van der Waals surface area contributed by atoms with E-state index >= 15 is 0 Å². The van der Waals surface area contributed by atoms with Gasteiger partial charge in [0.2, 0.25) is 11.8 Å². The van der Waals surface area contributed by atoms with Crippen LogP contribution >= 0.6 is 0 Å². The molecule has 196 valence electrons. The number of unbranched alkanes of at least 4 members (excludes halogenated alkanes) is 12. The normalized spacial score (nSPS) is 11.4. The summed E-state index contributed by atoms with van der Waals surface area (Å²) in [7, 11) is 0. The summed E-state index contributed by atoms with van der Waals surface area (Å²) in [5.74, 6) is -2.30. The highest BCUT2D eigenvalue weighted by Crippen LogP contribution is 2.13. The molecule has 0 bridgehead atoms. The Labute approximate surface area is 199 Å². The molecule has 2 amide bonds. The zero-order chi connectivity index (χ0) is 25.2. The minimum absolute atomic E-state index is 0.139. The summed E-state index contributed by atoms with van der Waals surface area (Å²) in [5, 5.41) is 30.4. The average Bonchev–Trinajstić information content (AvgIpc) is 2.77. The van der Waals surface area contributed by atoms with Crippen LogP contribution in [0.3, 0.4) is 0 Å². The van der Waals surface area contributed by atoms with E-state index < -0.39 is 17.9 Å². The number of hydrogen-bond donors (Lipinski definition) is 6. The number of aliphatic carboxylic acids is 1. The molecule has 0 aliphatic rings. The van der Waals surface area contributed by atoms with Crippen LogP contribution in [0, 0.1) is 0 Å². The molecule has 0 aromatic heterocycles. The van der Waals surface area contributed by atoms with Gasteiger partial charge < -0.3 is 31.7 Å². The summed E-state index contributed by atoms with van der Waals surface area (Å²) in [4.78, 5) is 33.4. The predicted molar refractivity (Wildman–Crippen MR) is 131 cm³/mol. The lowest BCUT2D eigenvalue weighted by Gasteiger charge is -2.12. The first-order valence-electron chi connectivity index (χ1n) is 12.6. The zero-order valence-corrected chi connectivity index (χ0v) is 20.7. The van der Waals surface area contributed by atoms with Crippen LogP contribution < -0.4 is 16.4 Å². The smallest absolute Gasteiger partial charge is 0.326 e. The summed E-state index contributed by atoms with van der Waals surface area (Å²) in [6.07, 6.45) is 15.9. The number of aliphatic hydroxyl groups excluding tert-OH is 2. The molecule has 0 aliphatic heterocycles. The molecule has 0 radical (unpaired) electrons. The number of amides is 2. The van der Waals surface area contributed by atoms with E-state index in [1.807, 2.05) is 0 Å². The third kappa shape index (κ3) is 28.3. The predicted octanol–water partition coefficient (Wildman–Crippen LogP) is 2.47. The first kappa shape index (κ1) is 33.5. The highest BCUT2D eigenvalue weighted by molar-refractivity contribution is 5.88. The molecule has 0 saturated heterocycles. The topological polar surface area (TPSA) is 162 Å². The number of nitrogens with one attached hydrogen (secondary N) is 2. The van der Waals surface area contributed by atoms with E-state index in [9.17, 15) is 14.4 Å². The molecular weight excluding hydrogens is 426 g/mol. The number of nitrogens with two attached hydrogens (primary N) is 1. The van der Waals surface area contributed by atoms with Gasteiger partial charge in [0, 0.05) is 19.5 Å². The second-order valence-corrected chi connectivity index (χ2v) is 8.32. The van der Waals surface area contributed by atoms with E-state index in [0.717, 1.165) is 19.3 Å². The van der Waals surface area contributed by atoms with Crippen molar-refractivity contribution in [3.63, 3.8) is 0 Å². The number of hydrogen-bond acceptors (Lipinski definition) is 6. The highest BCUT2D eigenvalue weighted by atomic mass is 16.4. The standard InChI is InChI=1S/C20H38N2O4.C4H11NO2/c1-2-3-4-5-6-7-8-9-10-11-12-13-14-15-19(24)22-17(20(25)26)16-18(21)23;6-3-1-5-2-4-7/h17H,2-16H2,1H3,(H2,21,23)(H,22,24)(H,25,26);5-7H,1-4H2/t17-;/m0./s1. The molecule has 0 aromatic rings. The van der Waals surface area contributed by atoms with E-state index in [4.69, 9.17) is 21.1 Å². The Hall–Kier alpha value is -1.71. The summed E-state index contributed by atoms with van der Waals surface area (Å²) in [6, 6.07) is -1.22. The van der Waals surface area contributed by atoms with Gasteiger partial charge >= 0.3 is 5.97 Å². The number of primary amides is 1. The fraction of sp³-hybridized carbons (Fsp3) is 0.875. The molecule has 0 saturated carbocycles. The van der Waals surface area contributed by atoms with Crippen molar-refractivity contribution in [1.29, 1.82) is 0 Å². The summed E-state index contributed by atoms with van der Waals surface area (Å²) >= 11 is 0. The van der Waals surface area contributed by atoms with Crippen LogP contribution in [0.25, 0.3) is 0 Å². The molecule has 0 aromatic carbocycles. The van der Waals surface area contributed by atoms with Crippen molar-refractivity contribution < 1.29 is 29.7 Å². The molecule has 0 aliphatic carbocycles. The van der Waals surface area contributed by atoms with Crippen molar-refractivity contribution in [2.45, 2.75) is 109 Å². The van der Waals surface area contributed by atoms with Gasteiger partial charge in [-0.15, -0.1) is 0 Å². The van der Waals surface area contributed by atoms with Crippen molar-refractivity contribution in [3.05, 3.63) is 0 Å². The zero-order valence-electron chi connectivity index (χ0n) is 20.7. The van der Waals surface area contributed by atoms with Gasteiger partial charge in [0.05, 0.1) is 19.6 Å². The summed E-state index contributed by atoms with van der Waals surface area (Å²) in [5.41, 5.74) is 4.98. The first-order valence-corrected chi connectivity index (χ1v) is 12.6. The maximum absolute atomic E-state index is 11.7. The van der Waals surface area contributed by atoms with Crippen LogP contribution in [-0.2, 0) is 14.4 Å². The maximum atomic E-state index is 11.7. The van der Waals surface area contributed by atoms with Gasteiger partial charge in [0.15, 0.2) is 0 Å². The molecule has 0 unspecified atom stereocenters. The Morgan fingerprint density at radius 2 is 1.18 bits per heavy atom. The monoisotopic (exact) mass is 475 g/mol. The minimum Gasteiger partial charge on any atom is -0.480 e. The number of aliphatic hydroxyl groups is 2. The van der Waals surface area contributed by atoms with Gasteiger partial charge in [-0.1, -0.05) is 84.0 Å². The quantitative estimate of drug-likeness (QED) is 0.131. The van der Waals surface area contributed by atoms with Gasteiger partial charge in [0.1, 0.15) is 6.04 Å². The van der Waals surface area contributed by atoms with Crippen LogP contribution in [0.4, 0.5) is 0 Å². The molecule has 0 fully saturated rings. The lowest BCUT2D eigenvalue weighted by molar-refractivity contribution is -0.143. The van der Waals surface area contributed by atoms with Gasteiger partial charge in [0.25, 0.3) is 0 Å². The Morgan fingerprint density at radius 3 is 1.55 bits per heavy atom. The maximum Gasteiger partial charge on any atom is 0.326 e. The number of rotatable bonds is 22. The van der Waals surface area contributed by atoms with E-state index in [0.29, 0.717) is 19.5 Å². The number of carboxylic acids is 1. The van der Waals surface area contributed by atoms with Gasteiger partial charge in [-0.05, 0) is 6.42 Å². The van der Waals surface area contributed by atoms with Gasteiger partial charge in [-0.25, -0.2) is 4.79 Å². The second-order valence-electron chi connectivity index (χ2n) is 8.32. The fourth-order valence-electron chi connectivity index (χ4n) is 3.25. The van der Waals surface area contributed by atoms with Crippen LogP contribution in [0.15, 0.2) is 0 Å². The molecule has 9 heteroatoms. The molecule has 1 atom stereocenters. The first-order chi connectivity index (χ1) is 15.9. The van der Waals surface area contributed by atoms with Crippen LogP contribution in [-0.4, -0.2) is 65.4 Å². The fourth-order valence-corrected chi connectivity index (χ4v) is 3.25. The number of carbonyl (C=O) groups excluding carboxylic acids is 2. The second kappa shape index (κ2) is 26.5. The van der Waals surface area contributed by atoms with E-state index in [-0.39, 0.29) is 25.5 Å². The Balaban J connectivity index is 0. The largest absolute Gasteiger partial charge is 0.480 e. The molecule has 7 N–H and O–H groups in total. The third-order valence-electron chi connectivity index (χ3n) is 5.12. The molecule has 0 spiro atoms. The van der Waals surface area contributed by atoms with E-state index in [1.165, 1.54) is 64.2 Å². The van der Waals surface area contributed by atoms with Gasteiger partial charge in [-0.3, -0.25) is 9.59 Å². The van der Waals surface area contributed by atoms with Crippen molar-refractivity contribution in [2.75, 3.05) is 26.3 Å². The number of carbonyl (C=O) groups is 3. The minimum atomic E-state index is -1.23. The Kier molecular flexibility index (Phi) is 26.9. The lowest BCUT2D eigenvalue weighted by Crippen LogP contribution is -2.43.